The molecule has 0 spiro atoms. The van der Waals surface area contributed by atoms with Crippen molar-refractivity contribution in [1.29, 1.82) is 0 Å². The first-order chi connectivity index (χ1) is 27.6. The Bertz CT molecular complexity index is 1940. The van der Waals surface area contributed by atoms with Crippen molar-refractivity contribution in [2.75, 3.05) is 31.6 Å². The van der Waals surface area contributed by atoms with Crippen molar-refractivity contribution in [3.8, 4) is 0 Å². The van der Waals surface area contributed by atoms with E-state index in [4.69, 9.17) is 4.74 Å². The van der Waals surface area contributed by atoms with E-state index >= 15 is 0 Å². The van der Waals surface area contributed by atoms with Crippen molar-refractivity contribution in [1.82, 2.24) is 30.7 Å². The van der Waals surface area contributed by atoms with Gasteiger partial charge in [0.25, 0.3) is 0 Å². The molecule has 58 heavy (non-hydrogen) atoms. The van der Waals surface area contributed by atoms with Gasteiger partial charge in [-0.1, -0.05) is 13.0 Å². The lowest BCUT2D eigenvalue weighted by molar-refractivity contribution is -0.158. The zero-order chi connectivity index (χ0) is 41.8. The summed E-state index contributed by atoms with van der Waals surface area (Å²) in [7, 11) is 0. The molecule has 4 aliphatic heterocycles. The Morgan fingerprint density at radius 1 is 0.828 bits per heavy atom. The lowest BCUT2D eigenvalue weighted by Gasteiger charge is -2.39. The van der Waals surface area contributed by atoms with Gasteiger partial charge in [0.15, 0.2) is 0 Å². The number of nitrogens with zero attached hydrogens (tertiary/aromatic N) is 3. The van der Waals surface area contributed by atoms with E-state index in [0.29, 0.717) is 37.4 Å². The smallest absolute Gasteiger partial charge is 0.328 e. The van der Waals surface area contributed by atoms with Crippen LogP contribution in [0.1, 0.15) is 69.1 Å². The number of piperidine rings is 1. The molecule has 0 aliphatic carbocycles. The summed E-state index contributed by atoms with van der Waals surface area (Å²) in [4.78, 5) is 101. The molecule has 4 aliphatic rings. The van der Waals surface area contributed by atoms with Gasteiger partial charge in [-0.25, -0.2) is 18.4 Å². The second-order valence-corrected chi connectivity index (χ2v) is 15.9. The Kier molecular flexibility index (Phi) is 13.0. The number of hydrogen-bond donors (Lipinski definition) is 4. The number of carbonyl (C=O) groups is 7. The first-order valence-electron chi connectivity index (χ1n) is 19.9. The summed E-state index contributed by atoms with van der Waals surface area (Å²) in [5, 5.41) is 10.6. The minimum Gasteiger partial charge on any atom is -0.461 e. The number of urea groups is 1. The van der Waals surface area contributed by atoms with E-state index < -0.39 is 102 Å². The number of cyclic esters (lactones) is 1. The summed E-state index contributed by atoms with van der Waals surface area (Å²) in [5.41, 5.74) is 2.31. The Hall–Kier alpha value is -5.61. The molecular formula is C41H51F2N7O8. The van der Waals surface area contributed by atoms with Gasteiger partial charge in [-0.05, 0) is 106 Å². The second-order valence-electron chi connectivity index (χ2n) is 15.9. The van der Waals surface area contributed by atoms with Crippen molar-refractivity contribution in [2.45, 2.75) is 109 Å². The van der Waals surface area contributed by atoms with E-state index in [1.165, 1.54) is 21.6 Å². The first kappa shape index (κ1) is 42.0. The highest BCUT2D eigenvalue weighted by Crippen LogP contribution is 2.28. The third-order valence-corrected chi connectivity index (χ3v) is 11.5. The summed E-state index contributed by atoms with van der Waals surface area (Å²) >= 11 is 0. The van der Waals surface area contributed by atoms with Crippen LogP contribution in [0.15, 0.2) is 36.4 Å². The maximum atomic E-state index is 14.5. The van der Waals surface area contributed by atoms with Crippen molar-refractivity contribution in [2.24, 2.45) is 5.92 Å². The van der Waals surface area contributed by atoms with Gasteiger partial charge >= 0.3 is 12.0 Å². The fraction of sp³-hybridized carbons (Fsp3) is 0.537. The monoisotopic (exact) mass is 807 g/mol. The Morgan fingerprint density at radius 2 is 1.52 bits per heavy atom. The first-order valence-corrected chi connectivity index (χ1v) is 19.9. The minimum absolute atomic E-state index is 0.0274. The van der Waals surface area contributed by atoms with Crippen LogP contribution in [0.4, 0.5) is 19.3 Å². The molecular weight excluding hydrogens is 756 g/mol. The number of amides is 7. The molecule has 4 saturated heterocycles. The van der Waals surface area contributed by atoms with Gasteiger partial charge in [-0.2, -0.15) is 0 Å². The van der Waals surface area contributed by atoms with Gasteiger partial charge in [-0.3, -0.25) is 24.0 Å². The van der Waals surface area contributed by atoms with Crippen LogP contribution in [-0.2, 0) is 39.9 Å². The summed E-state index contributed by atoms with van der Waals surface area (Å²) in [6.45, 7) is 7.05. The van der Waals surface area contributed by atoms with Gasteiger partial charge < -0.3 is 40.7 Å². The average molecular weight is 808 g/mol. The predicted molar refractivity (Wildman–Crippen MR) is 206 cm³/mol. The van der Waals surface area contributed by atoms with Crippen molar-refractivity contribution in [3.63, 3.8) is 0 Å². The number of benzene rings is 2. The van der Waals surface area contributed by atoms with Crippen LogP contribution in [0.3, 0.4) is 0 Å². The molecule has 0 saturated carbocycles. The number of anilines is 1. The molecule has 4 heterocycles. The van der Waals surface area contributed by atoms with E-state index in [1.54, 1.807) is 18.2 Å². The van der Waals surface area contributed by atoms with Crippen LogP contribution < -0.4 is 21.3 Å². The van der Waals surface area contributed by atoms with Crippen LogP contribution in [0.2, 0.25) is 0 Å². The standard InChI is InChI=1S/C41H51F2N7O8/c1-22-14-34-40(56)58-21-31(46-35(51)30(18-26-16-27(42)19-28(43)17-26)47-41(57)45-29-11-10-23(2)24(3)15-29)38(54)49-13-7-9-33(49)39(55)48-12-6-5-8-32(48)36(52)44-25(4)37(53)50(34)20-22/h10-11,15-17,19,22,25,30-34H,5-9,12-14,18,20-21H2,1-4H3,(H,44,52)(H,46,51)(H2,45,47,57). The molecule has 2 aromatic carbocycles. The Labute approximate surface area is 335 Å². The molecule has 0 bridgehead atoms. The van der Waals surface area contributed by atoms with Crippen molar-refractivity contribution >= 4 is 47.2 Å². The van der Waals surface area contributed by atoms with E-state index in [1.807, 2.05) is 20.8 Å². The Morgan fingerprint density at radius 3 is 2.24 bits per heavy atom. The molecule has 312 valence electrons. The van der Waals surface area contributed by atoms with Crippen molar-refractivity contribution in [3.05, 3.63) is 64.7 Å². The van der Waals surface area contributed by atoms with E-state index in [-0.39, 0.29) is 44.0 Å². The van der Waals surface area contributed by atoms with Gasteiger partial charge in [0.1, 0.15) is 54.5 Å². The second kappa shape index (κ2) is 17.9. The molecule has 17 heteroatoms. The van der Waals surface area contributed by atoms with E-state index in [2.05, 4.69) is 21.3 Å². The summed E-state index contributed by atoms with van der Waals surface area (Å²) in [6, 6.07) is 0.0169. The number of nitrogens with one attached hydrogen (secondary N) is 4. The van der Waals surface area contributed by atoms with Gasteiger partial charge in [0.2, 0.25) is 29.5 Å². The lowest BCUT2D eigenvalue weighted by atomic mass is 9.99. The summed E-state index contributed by atoms with van der Waals surface area (Å²) in [6.07, 6.45) is 2.21. The quantitative estimate of drug-likeness (QED) is 0.321. The average Bonchev–Trinajstić information content (AvgIpc) is 3.83. The highest BCUT2D eigenvalue weighted by molar-refractivity contribution is 5.98. The molecule has 7 amide bonds. The molecule has 7 atom stereocenters. The number of fused-ring (bicyclic) bond motifs is 3. The lowest BCUT2D eigenvalue weighted by Crippen LogP contribution is -2.62. The van der Waals surface area contributed by atoms with Gasteiger partial charge in [0.05, 0.1) is 0 Å². The Balaban J connectivity index is 1.31. The minimum atomic E-state index is -1.59. The maximum Gasteiger partial charge on any atom is 0.328 e. The summed E-state index contributed by atoms with van der Waals surface area (Å²) < 4.78 is 34.3. The zero-order valence-corrected chi connectivity index (χ0v) is 33.1. The van der Waals surface area contributed by atoms with Crippen LogP contribution in [-0.4, -0.2) is 119 Å². The number of esters is 1. The highest BCUT2D eigenvalue weighted by Gasteiger charge is 2.46. The molecule has 7 unspecified atom stereocenters. The van der Waals surface area contributed by atoms with Crippen LogP contribution >= 0.6 is 0 Å². The predicted octanol–water partition coefficient (Wildman–Crippen LogP) is 2.47. The molecule has 0 aromatic heterocycles. The number of rotatable bonds is 6. The number of ether oxygens (including phenoxy) is 1. The van der Waals surface area contributed by atoms with Gasteiger partial charge in [0, 0.05) is 37.8 Å². The third kappa shape index (κ3) is 9.56. The maximum absolute atomic E-state index is 14.5. The number of hydrogen-bond acceptors (Lipinski definition) is 8. The van der Waals surface area contributed by atoms with Crippen LogP contribution in [0, 0.1) is 31.4 Å². The van der Waals surface area contributed by atoms with Crippen LogP contribution in [0.5, 0.6) is 0 Å². The fourth-order valence-electron chi connectivity index (χ4n) is 8.31. The van der Waals surface area contributed by atoms with Crippen molar-refractivity contribution < 1.29 is 47.1 Å². The number of carbonyl (C=O) groups excluding carboxylic acids is 7. The van der Waals surface area contributed by atoms with E-state index in [0.717, 1.165) is 23.3 Å². The third-order valence-electron chi connectivity index (χ3n) is 11.5. The topological polar surface area (TPSA) is 187 Å². The number of aryl methyl sites for hydroxylation is 2. The molecule has 0 radical (unpaired) electrons. The fourth-order valence-corrected chi connectivity index (χ4v) is 8.31. The molecule has 4 N–H and O–H groups in total. The van der Waals surface area contributed by atoms with E-state index in [9.17, 15) is 42.3 Å². The SMILES string of the molecule is Cc1ccc(NC(=O)NC(Cc2cc(F)cc(F)c2)C(=O)NC2COC(=O)C3CC(C)CN3C(=O)C(C)NC(=O)C3CCCCN3C(=O)C3CCCN3C2=O)cc1C. The van der Waals surface area contributed by atoms with Gasteiger partial charge in [-0.15, -0.1) is 0 Å². The highest BCUT2D eigenvalue weighted by atomic mass is 19.1. The molecule has 15 nitrogen and oxygen atoms in total. The summed E-state index contributed by atoms with van der Waals surface area (Å²) in [5.74, 6) is -5.92. The molecule has 6 rings (SSSR count). The zero-order valence-electron chi connectivity index (χ0n) is 33.1. The molecule has 4 fully saturated rings. The molecule has 2 aromatic rings. The normalized spacial score (nSPS) is 26.2. The van der Waals surface area contributed by atoms with Crippen LogP contribution in [0.25, 0.3) is 0 Å². The number of halogens is 2. The largest absolute Gasteiger partial charge is 0.461 e.